The molecular weight excluding hydrogens is 375 g/mol. The molecule has 0 unspecified atom stereocenters. The van der Waals surface area contributed by atoms with E-state index in [1.165, 1.54) is 7.11 Å². The number of aliphatic hydroxyl groups is 1. The molecule has 0 bridgehead atoms. The molecule has 140 valence electrons. The van der Waals surface area contributed by atoms with Gasteiger partial charge < -0.3 is 20.5 Å². The van der Waals surface area contributed by atoms with E-state index >= 15 is 0 Å². The minimum absolute atomic E-state index is 0. The molecule has 1 amide bonds. The van der Waals surface area contributed by atoms with E-state index in [0.717, 1.165) is 5.56 Å². The molecule has 26 heavy (non-hydrogen) atoms. The van der Waals surface area contributed by atoms with Gasteiger partial charge in [-0.2, -0.15) is 0 Å². The Morgan fingerprint density at radius 3 is 2.69 bits per heavy atom. The van der Waals surface area contributed by atoms with Gasteiger partial charge in [0.25, 0.3) is 5.91 Å². The highest BCUT2D eigenvalue weighted by Crippen LogP contribution is 2.32. The van der Waals surface area contributed by atoms with Gasteiger partial charge in [-0.25, -0.2) is 0 Å². The Balaban J connectivity index is 0.00000243. The number of benzene rings is 2. The van der Waals surface area contributed by atoms with Crippen LogP contribution in [0.4, 0.5) is 0 Å². The van der Waals surface area contributed by atoms with Crippen molar-refractivity contribution in [2.45, 2.75) is 18.1 Å². The van der Waals surface area contributed by atoms with E-state index in [1.807, 2.05) is 30.3 Å². The van der Waals surface area contributed by atoms with Gasteiger partial charge in [-0.1, -0.05) is 41.9 Å². The van der Waals surface area contributed by atoms with Crippen LogP contribution in [0.3, 0.4) is 0 Å². The number of rotatable bonds is 4. The van der Waals surface area contributed by atoms with Crippen LogP contribution in [0.15, 0.2) is 48.5 Å². The summed E-state index contributed by atoms with van der Waals surface area (Å²) in [4.78, 5) is 12.9. The highest BCUT2D eigenvalue weighted by Gasteiger charge is 2.42. The van der Waals surface area contributed by atoms with Crippen LogP contribution in [0, 0.1) is 0 Å². The van der Waals surface area contributed by atoms with Crippen molar-refractivity contribution in [2.24, 2.45) is 0 Å². The molecule has 1 saturated heterocycles. The van der Waals surface area contributed by atoms with Crippen molar-refractivity contribution in [1.29, 1.82) is 0 Å². The average molecular weight is 397 g/mol. The minimum Gasteiger partial charge on any atom is -0.497 e. The first-order valence-corrected chi connectivity index (χ1v) is 8.54. The molecule has 2 atom stereocenters. The van der Waals surface area contributed by atoms with E-state index in [1.54, 1.807) is 18.2 Å². The van der Waals surface area contributed by atoms with Crippen LogP contribution >= 0.6 is 24.0 Å². The van der Waals surface area contributed by atoms with Gasteiger partial charge in [0.15, 0.2) is 0 Å². The summed E-state index contributed by atoms with van der Waals surface area (Å²) in [5.41, 5.74) is 0.427. The quantitative estimate of drug-likeness (QED) is 0.742. The van der Waals surface area contributed by atoms with E-state index in [4.69, 9.17) is 16.3 Å². The van der Waals surface area contributed by atoms with Crippen molar-refractivity contribution < 1.29 is 14.6 Å². The zero-order valence-corrected chi connectivity index (χ0v) is 15.9. The van der Waals surface area contributed by atoms with E-state index in [-0.39, 0.29) is 18.3 Å². The third-order valence-electron chi connectivity index (χ3n) is 4.60. The van der Waals surface area contributed by atoms with Gasteiger partial charge in [0.1, 0.15) is 5.75 Å². The first kappa shape index (κ1) is 20.5. The molecule has 5 nitrogen and oxygen atoms in total. The first-order chi connectivity index (χ1) is 12.0. The Labute approximate surface area is 164 Å². The number of ether oxygens (including phenoxy) is 1. The molecule has 2 aromatic carbocycles. The Bertz CT molecular complexity index is 758. The monoisotopic (exact) mass is 396 g/mol. The summed E-state index contributed by atoms with van der Waals surface area (Å²) in [5, 5.41) is 17.3. The number of methoxy groups -OCH3 is 1. The lowest BCUT2D eigenvalue weighted by Crippen LogP contribution is -2.61. The summed E-state index contributed by atoms with van der Waals surface area (Å²) in [6.45, 7) is 1.11. The topological polar surface area (TPSA) is 70.6 Å². The lowest BCUT2D eigenvalue weighted by Gasteiger charge is -2.43. The molecule has 0 radical (unpaired) electrons. The average Bonchev–Trinajstić information content (AvgIpc) is 2.63. The molecule has 3 N–H and O–H groups in total. The van der Waals surface area contributed by atoms with E-state index in [2.05, 4.69) is 10.6 Å². The van der Waals surface area contributed by atoms with E-state index in [0.29, 0.717) is 35.8 Å². The molecule has 0 spiro atoms. The maximum atomic E-state index is 12.9. The highest BCUT2D eigenvalue weighted by molar-refractivity contribution is 6.31. The van der Waals surface area contributed by atoms with Gasteiger partial charge in [0, 0.05) is 17.1 Å². The zero-order chi connectivity index (χ0) is 17.9. The number of amides is 1. The highest BCUT2D eigenvalue weighted by atomic mass is 35.5. The van der Waals surface area contributed by atoms with E-state index < -0.39 is 11.6 Å². The summed E-state index contributed by atoms with van der Waals surface area (Å²) < 4.78 is 5.18. The van der Waals surface area contributed by atoms with E-state index in [9.17, 15) is 9.90 Å². The number of aliphatic hydroxyl groups excluding tert-OH is 1. The second kappa shape index (κ2) is 8.73. The van der Waals surface area contributed by atoms with Crippen molar-refractivity contribution in [2.75, 3.05) is 20.2 Å². The SMILES string of the molecule is COc1cc(Cl)cc(C(=O)N[C@@]2(c3ccccc3)CCNC[C@H]2O)c1.Cl. The number of β-amino-alcohol motifs (C(OH)–C–C–N with tert-alkyl or cyclic N) is 1. The first-order valence-electron chi connectivity index (χ1n) is 8.16. The lowest BCUT2D eigenvalue weighted by atomic mass is 9.79. The molecule has 1 aliphatic rings. The van der Waals surface area contributed by atoms with Crippen molar-refractivity contribution in [3.63, 3.8) is 0 Å². The Morgan fingerprint density at radius 2 is 2.04 bits per heavy atom. The van der Waals surface area contributed by atoms with Crippen LogP contribution in [0.1, 0.15) is 22.3 Å². The van der Waals surface area contributed by atoms with Crippen LogP contribution in [0.25, 0.3) is 0 Å². The summed E-state index contributed by atoms with van der Waals surface area (Å²) in [6, 6.07) is 14.4. The Kier molecular flexibility index (Phi) is 6.89. The fourth-order valence-electron chi connectivity index (χ4n) is 3.24. The van der Waals surface area contributed by atoms with Crippen molar-refractivity contribution in [1.82, 2.24) is 10.6 Å². The summed E-state index contributed by atoms with van der Waals surface area (Å²) >= 11 is 6.08. The molecule has 0 saturated carbocycles. The predicted octanol–water partition coefficient (Wildman–Crippen LogP) is 2.75. The van der Waals surface area contributed by atoms with Crippen molar-refractivity contribution in [3.8, 4) is 5.75 Å². The maximum absolute atomic E-state index is 12.9. The van der Waals surface area contributed by atoms with Gasteiger partial charge in [-0.3, -0.25) is 4.79 Å². The zero-order valence-electron chi connectivity index (χ0n) is 14.4. The third kappa shape index (κ3) is 4.13. The van der Waals surface area contributed by atoms with Crippen LogP contribution in [-0.2, 0) is 5.54 Å². The number of hydrogen-bond acceptors (Lipinski definition) is 4. The van der Waals surface area contributed by atoms with Crippen molar-refractivity contribution in [3.05, 3.63) is 64.7 Å². The third-order valence-corrected chi connectivity index (χ3v) is 4.82. The van der Waals surface area contributed by atoms with Crippen molar-refractivity contribution >= 4 is 29.9 Å². The van der Waals surface area contributed by atoms with Gasteiger partial charge >= 0.3 is 0 Å². The molecule has 1 aliphatic heterocycles. The predicted molar refractivity (Wildman–Crippen MR) is 104 cm³/mol. The number of halogens is 2. The fourth-order valence-corrected chi connectivity index (χ4v) is 3.47. The normalized spacial score (nSPS) is 22.2. The molecular formula is C19H22Cl2N2O3. The van der Waals surface area contributed by atoms with Crippen LogP contribution in [0.5, 0.6) is 5.75 Å². The molecule has 0 aliphatic carbocycles. The molecule has 1 fully saturated rings. The maximum Gasteiger partial charge on any atom is 0.252 e. The van der Waals surface area contributed by atoms with Gasteiger partial charge in [0.2, 0.25) is 0 Å². The summed E-state index contributed by atoms with van der Waals surface area (Å²) in [7, 11) is 1.52. The number of nitrogens with one attached hydrogen (secondary N) is 2. The van der Waals surface area contributed by atoms with Gasteiger partial charge in [-0.05, 0) is 36.7 Å². The fraction of sp³-hybridized carbons (Fsp3) is 0.316. The number of hydrogen-bond donors (Lipinski definition) is 3. The molecule has 7 heteroatoms. The number of carbonyl (C=O) groups excluding carboxylic acids is 1. The Hall–Kier alpha value is -1.79. The molecule has 1 heterocycles. The molecule has 0 aromatic heterocycles. The molecule has 3 rings (SSSR count). The number of carbonyl (C=O) groups is 1. The Morgan fingerprint density at radius 1 is 1.31 bits per heavy atom. The second-order valence-corrected chi connectivity index (χ2v) is 6.58. The smallest absolute Gasteiger partial charge is 0.252 e. The summed E-state index contributed by atoms with van der Waals surface area (Å²) in [5.74, 6) is 0.211. The van der Waals surface area contributed by atoms with Gasteiger partial charge in [0.05, 0.1) is 18.8 Å². The number of piperidine rings is 1. The van der Waals surface area contributed by atoms with Gasteiger partial charge in [-0.15, -0.1) is 12.4 Å². The lowest BCUT2D eigenvalue weighted by molar-refractivity contribution is 0.0289. The van der Waals surface area contributed by atoms with Crippen LogP contribution in [-0.4, -0.2) is 37.3 Å². The second-order valence-electron chi connectivity index (χ2n) is 6.14. The largest absolute Gasteiger partial charge is 0.497 e. The van der Waals surface area contributed by atoms with Crippen LogP contribution < -0.4 is 15.4 Å². The summed E-state index contributed by atoms with van der Waals surface area (Å²) in [6.07, 6.45) is -0.157. The standard InChI is InChI=1S/C19H21ClN2O3.ClH/c1-25-16-10-13(9-15(20)11-16)18(24)22-19(7-8-21-12-17(19)23)14-5-3-2-4-6-14;/h2-6,9-11,17,21,23H,7-8,12H2,1H3,(H,22,24);1H/t17-,19-;/m1./s1. The van der Waals surface area contributed by atoms with Crippen LogP contribution in [0.2, 0.25) is 5.02 Å². The molecule has 2 aromatic rings. The minimum atomic E-state index is -0.848.